The van der Waals surface area contributed by atoms with Gasteiger partial charge in [-0.3, -0.25) is 9.89 Å². The van der Waals surface area contributed by atoms with Crippen molar-refractivity contribution >= 4 is 17.7 Å². The van der Waals surface area contributed by atoms with Gasteiger partial charge in [-0.25, -0.2) is 0 Å². The Morgan fingerprint density at radius 1 is 1.28 bits per heavy atom. The number of aromatic nitrogens is 2. The van der Waals surface area contributed by atoms with E-state index in [9.17, 15) is 9.90 Å². The largest absolute Gasteiger partial charge is 0.507 e. The highest BCUT2D eigenvalue weighted by Crippen LogP contribution is 2.28. The van der Waals surface area contributed by atoms with Crippen LogP contribution in [0.5, 0.6) is 5.75 Å². The average molecular weight is 359 g/mol. The SMILES string of the molecule is O=C(NCCCSC1CCCCC1)c1cc(-c2ccccc2O)n[nH]1. The van der Waals surface area contributed by atoms with Gasteiger partial charge in [0.2, 0.25) is 0 Å². The Labute approximate surface area is 152 Å². The summed E-state index contributed by atoms with van der Waals surface area (Å²) in [4.78, 5) is 12.2. The summed E-state index contributed by atoms with van der Waals surface area (Å²) in [5.41, 5.74) is 1.59. The monoisotopic (exact) mass is 359 g/mol. The normalized spacial score (nSPS) is 15.2. The van der Waals surface area contributed by atoms with Crippen LogP contribution < -0.4 is 5.32 Å². The molecule has 0 aliphatic heterocycles. The third-order valence-electron chi connectivity index (χ3n) is 4.51. The second-order valence-electron chi connectivity index (χ2n) is 6.42. The number of phenols is 1. The van der Waals surface area contributed by atoms with E-state index in [1.807, 2.05) is 17.8 Å². The highest BCUT2D eigenvalue weighted by molar-refractivity contribution is 7.99. The Balaban J connectivity index is 1.42. The molecular formula is C19H25N3O2S. The van der Waals surface area contributed by atoms with E-state index in [-0.39, 0.29) is 11.7 Å². The molecule has 1 fully saturated rings. The number of hydrogen-bond donors (Lipinski definition) is 3. The van der Waals surface area contributed by atoms with Crippen LogP contribution in [0.3, 0.4) is 0 Å². The predicted octanol–water partition coefficient (Wildman–Crippen LogP) is 3.97. The molecule has 3 rings (SSSR count). The van der Waals surface area contributed by atoms with E-state index in [1.165, 1.54) is 32.1 Å². The van der Waals surface area contributed by atoms with Crippen molar-refractivity contribution < 1.29 is 9.90 Å². The maximum atomic E-state index is 12.2. The molecule has 0 spiro atoms. The molecule has 0 atom stereocenters. The highest BCUT2D eigenvalue weighted by atomic mass is 32.2. The highest BCUT2D eigenvalue weighted by Gasteiger charge is 2.14. The number of benzene rings is 1. The molecule has 1 heterocycles. The molecule has 6 heteroatoms. The summed E-state index contributed by atoms with van der Waals surface area (Å²) in [6.07, 6.45) is 7.80. The van der Waals surface area contributed by atoms with Gasteiger partial charge in [-0.15, -0.1) is 0 Å². The Morgan fingerprint density at radius 2 is 2.08 bits per heavy atom. The van der Waals surface area contributed by atoms with Gasteiger partial charge in [0.05, 0.1) is 5.69 Å². The van der Waals surface area contributed by atoms with Gasteiger partial charge in [0, 0.05) is 17.4 Å². The van der Waals surface area contributed by atoms with Crippen LogP contribution in [-0.4, -0.2) is 38.8 Å². The molecule has 5 nitrogen and oxygen atoms in total. The van der Waals surface area contributed by atoms with Crippen LogP contribution in [0.15, 0.2) is 30.3 Å². The lowest BCUT2D eigenvalue weighted by molar-refractivity contribution is 0.0949. The van der Waals surface area contributed by atoms with Crippen molar-refractivity contribution in [3.05, 3.63) is 36.0 Å². The number of hydrogen-bond acceptors (Lipinski definition) is 4. The van der Waals surface area contributed by atoms with Crippen molar-refractivity contribution in [2.45, 2.75) is 43.8 Å². The number of thioether (sulfide) groups is 1. The van der Waals surface area contributed by atoms with Crippen LogP contribution in [0.25, 0.3) is 11.3 Å². The average Bonchev–Trinajstić information content (AvgIpc) is 3.12. The summed E-state index contributed by atoms with van der Waals surface area (Å²) >= 11 is 2.05. The zero-order valence-electron chi connectivity index (χ0n) is 14.3. The number of nitrogens with zero attached hydrogens (tertiary/aromatic N) is 1. The van der Waals surface area contributed by atoms with Gasteiger partial charge in [0.15, 0.2) is 0 Å². The van der Waals surface area contributed by atoms with E-state index < -0.39 is 0 Å². The molecule has 25 heavy (non-hydrogen) atoms. The van der Waals surface area contributed by atoms with Gasteiger partial charge in [-0.2, -0.15) is 16.9 Å². The zero-order chi connectivity index (χ0) is 17.5. The van der Waals surface area contributed by atoms with E-state index in [1.54, 1.807) is 24.3 Å². The molecule has 134 valence electrons. The van der Waals surface area contributed by atoms with Crippen LogP contribution in [0.1, 0.15) is 49.0 Å². The van der Waals surface area contributed by atoms with Gasteiger partial charge in [0.1, 0.15) is 11.4 Å². The molecule has 1 amide bonds. The number of phenolic OH excluding ortho intramolecular Hbond substituents is 1. The molecule has 1 aliphatic carbocycles. The topological polar surface area (TPSA) is 78.0 Å². The first-order chi connectivity index (χ1) is 12.2. The minimum atomic E-state index is -0.156. The maximum Gasteiger partial charge on any atom is 0.269 e. The first kappa shape index (κ1) is 17.9. The first-order valence-electron chi connectivity index (χ1n) is 8.97. The van der Waals surface area contributed by atoms with Crippen molar-refractivity contribution in [2.24, 2.45) is 0 Å². The second kappa shape index (κ2) is 8.94. The molecule has 0 radical (unpaired) electrons. The molecule has 1 aromatic carbocycles. The molecule has 1 saturated carbocycles. The smallest absolute Gasteiger partial charge is 0.269 e. The van der Waals surface area contributed by atoms with Crippen molar-refractivity contribution in [1.29, 1.82) is 0 Å². The number of nitrogens with one attached hydrogen (secondary N) is 2. The van der Waals surface area contributed by atoms with Gasteiger partial charge in [0.25, 0.3) is 5.91 Å². The third kappa shape index (κ3) is 5.01. The zero-order valence-corrected chi connectivity index (χ0v) is 15.1. The van der Waals surface area contributed by atoms with Crippen LogP contribution in [0, 0.1) is 0 Å². The molecular weight excluding hydrogens is 334 g/mol. The maximum absolute atomic E-state index is 12.2. The van der Waals surface area contributed by atoms with Crippen LogP contribution in [0.4, 0.5) is 0 Å². The number of H-pyrrole nitrogens is 1. The van der Waals surface area contributed by atoms with E-state index in [0.29, 0.717) is 23.5 Å². The van der Waals surface area contributed by atoms with Crippen molar-refractivity contribution in [3.8, 4) is 17.0 Å². The lowest BCUT2D eigenvalue weighted by Gasteiger charge is -2.20. The van der Waals surface area contributed by atoms with Gasteiger partial charge in [-0.1, -0.05) is 31.4 Å². The number of carbonyl (C=O) groups is 1. The van der Waals surface area contributed by atoms with Crippen LogP contribution in [0.2, 0.25) is 0 Å². The van der Waals surface area contributed by atoms with Gasteiger partial charge < -0.3 is 10.4 Å². The number of carbonyl (C=O) groups excluding carboxylic acids is 1. The van der Waals surface area contributed by atoms with Gasteiger partial charge >= 0.3 is 0 Å². The summed E-state index contributed by atoms with van der Waals surface area (Å²) in [7, 11) is 0. The van der Waals surface area contributed by atoms with Crippen LogP contribution >= 0.6 is 11.8 Å². The Kier molecular flexibility index (Phi) is 6.39. The number of aromatic amines is 1. The fourth-order valence-corrected chi connectivity index (χ4v) is 4.43. The molecule has 3 N–H and O–H groups in total. The summed E-state index contributed by atoms with van der Waals surface area (Å²) in [6.45, 7) is 0.670. The molecule has 0 unspecified atom stereocenters. The molecule has 0 saturated heterocycles. The lowest BCUT2D eigenvalue weighted by atomic mass is 10.0. The quantitative estimate of drug-likeness (QED) is 0.654. The number of para-hydroxylation sites is 1. The minimum absolute atomic E-state index is 0.153. The fraction of sp³-hybridized carbons (Fsp3) is 0.474. The Bertz CT molecular complexity index is 695. The summed E-state index contributed by atoms with van der Waals surface area (Å²) in [5, 5.41) is 20.5. The third-order valence-corrected chi connectivity index (χ3v) is 5.98. The van der Waals surface area contributed by atoms with E-state index in [0.717, 1.165) is 17.4 Å². The lowest BCUT2D eigenvalue weighted by Crippen LogP contribution is -2.25. The Morgan fingerprint density at radius 3 is 2.88 bits per heavy atom. The molecule has 1 aliphatic rings. The van der Waals surface area contributed by atoms with Crippen molar-refractivity contribution in [2.75, 3.05) is 12.3 Å². The standard InChI is InChI=1S/C19H25N3O2S/c23-18-10-5-4-9-15(18)16-13-17(22-21-16)19(24)20-11-6-12-25-14-7-2-1-3-8-14/h4-5,9-10,13-14,23H,1-3,6-8,11-12H2,(H,20,24)(H,21,22). The number of rotatable bonds is 7. The Hall–Kier alpha value is -1.95. The number of amides is 1. The second-order valence-corrected chi connectivity index (χ2v) is 7.83. The van der Waals surface area contributed by atoms with Crippen LogP contribution in [-0.2, 0) is 0 Å². The van der Waals surface area contributed by atoms with Crippen molar-refractivity contribution in [3.63, 3.8) is 0 Å². The molecule has 2 aromatic rings. The van der Waals surface area contributed by atoms with Crippen molar-refractivity contribution in [1.82, 2.24) is 15.5 Å². The van der Waals surface area contributed by atoms with E-state index >= 15 is 0 Å². The van der Waals surface area contributed by atoms with Gasteiger partial charge in [-0.05, 0) is 43.2 Å². The van der Waals surface area contributed by atoms with E-state index in [2.05, 4.69) is 15.5 Å². The molecule has 1 aromatic heterocycles. The number of aromatic hydroxyl groups is 1. The summed E-state index contributed by atoms with van der Waals surface area (Å²) in [6, 6.07) is 8.63. The summed E-state index contributed by atoms with van der Waals surface area (Å²) < 4.78 is 0. The van der Waals surface area contributed by atoms with E-state index in [4.69, 9.17) is 0 Å². The minimum Gasteiger partial charge on any atom is -0.507 e. The summed E-state index contributed by atoms with van der Waals surface area (Å²) in [5.74, 6) is 1.09. The molecule has 0 bridgehead atoms. The first-order valence-corrected chi connectivity index (χ1v) is 10.0. The fourth-order valence-electron chi connectivity index (χ4n) is 3.12. The predicted molar refractivity (Wildman–Crippen MR) is 102 cm³/mol.